The third kappa shape index (κ3) is 5.19. The number of thiophene rings is 1. The van der Waals surface area contributed by atoms with Gasteiger partial charge < -0.3 is 15.0 Å². The van der Waals surface area contributed by atoms with E-state index in [1.165, 1.54) is 4.88 Å². The number of nitrogens with zero attached hydrogens (tertiary/aromatic N) is 1. The van der Waals surface area contributed by atoms with E-state index in [0.717, 1.165) is 23.1 Å². The van der Waals surface area contributed by atoms with E-state index in [1.54, 1.807) is 28.4 Å². The van der Waals surface area contributed by atoms with E-state index in [0.29, 0.717) is 18.7 Å². The molecule has 7 heteroatoms. The van der Waals surface area contributed by atoms with Gasteiger partial charge in [0.15, 0.2) is 6.61 Å². The quantitative estimate of drug-likeness (QED) is 0.604. The summed E-state index contributed by atoms with van der Waals surface area (Å²) in [7, 11) is 0. The van der Waals surface area contributed by atoms with Gasteiger partial charge in [-0.2, -0.15) is 0 Å². The molecule has 2 aromatic carbocycles. The third-order valence-corrected chi connectivity index (χ3v) is 6.19. The van der Waals surface area contributed by atoms with E-state index in [1.807, 2.05) is 53.9 Å². The lowest BCUT2D eigenvalue weighted by Gasteiger charge is -2.26. The second-order valence-corrected chi connectivity index (χ2v) is 8.22. The van der Waals surface area contributed by atoms with Crippen LogP contribution >= 0.6 is 11.3 Å². The van der Waals surface area contributed by atoms with Crippen LogP contribution in [0.25, 0.3) is 11.1 Å². The molecule has 1 aromatic heterocycles. The van der Waals surface area contributed by atoms with Crippen molar-refractivity contribution < 1.29 is 19.1 Å². The predicted molar refractivity (Wildman–Crippen MR) is 119 cm³/mol. The zero-order valence-electron chi connectivity index (χ0n) is 16.9. The summed E-state index contributed by atoms with van der Waals surface area (Å²) in [4.78, 5) is 39.5. The van der Waals surface area contributed by atoms with Gasteiger partial charge in [-0.15, -0.1) is 11.3 Å². The summed E-state index contributed by atoms with van der Waals surface area (Å²) in [5.74, 6) is -1.24. The Morgan fingerprint density at radius 3 is 2.48 bits per heavy atom. The number of esters is 1. The lowest BCUT2D eigenvalue weighted by molar-refractivity contribution is -0.151. The van der Waals surface area contributed by atoms with Gasteiger partial charge in [0.25, 0.3) is 11.8 Å². The van der Waals surface area contributed by atoms with Crippen molar-refractivity contribution in [2.45, 2.75) is 13.0 Å². The summed E-state index contributed by atoms with van der Waals surface area (Å²) >= 11 is 1.70. The smallest absolute Gasteiger partial charge is 0.325 e. The van der Waals surface area contributed by atoms with Gasteiger partial charge in [-0.1, -0.05) is 42.5 Å². The molecule has 1 aliphatic rings. The molecule has 31 heavy (non-hydrogen) atoms. The van der Waals surface area contributed by atoms with Gasteiger partial charge >= 0.3 is 5.97 Å². The van der Waals surface area contributed by atoms with Crippen molar-refractivity contribution in [3.05, 3.63) is 82.0 Å². The number of benzene rings is 2. The molecule has 1 aliphatic heterocycles. The second kappa shape index (κ2) is 9.57. The average molecular weight is 435 g/mol. The van der Waals surface area contributed by atoms with Gasteiger partial charge in [0.2, 0.25) is 0 Å². The van der Waals surface area contributed by atoms with Crippen molar-refractivity contribution in [3.8, 4) is 11.1 Å². The number of hydrogen-bond acceptors (Lipinski definition) is 5. The first kappa shape index (κ1) is 20.8. The molecule has 0 saturated carbocycles. The van der Waals surface area contributed by atoms with E-state index >= 15 is 0 Å². The number of rotatable bonds is 6. The van der Waals surface area contributed by atoms with Crippen molar-refractivity contribution >= 4 is 29.1 Å². The standard InChI is InChI=1S/C24H22N2O4S/c27-22(26-12-10-21-20(15-26)11-13-31-21)16-30-23(28)14-25-24(29)19-8-6-18(7-9-19)17-4-2-1-3-5-17/h1-9,11,13H,10,12,14-16H2,(H,25,29). The molecule has 0 bridgehead atoms. The third-order valence-electron chi connectivity index (χ3n) is 5.16. The zero-order valence-corrected chi connectivity index (χ0v) is 17.7. The van der Waals surface area contributed by atoms with Gasteiger partial charge in [-0.05, 0) is 46.7 Å². The Balaban J connectivity index is 1.21. The summed E-state index contributed by atoms with van der Waals surface area (Å²) in [5, 5.41) is 4.56. The normalized spacial score (nSPS) is 12.7. The van der Waals surface area contributed by atoms with E-state index in [-0.39, 0.29) is 25.0 Å². The van der Waals surface area contributed by atoms with Crippen LogP contribution < -0.4 is 5.32 Å². The number of amides is 2. The van der Waals surface area contributed by atoms with Crippen molar-refractivity contribution in [2.24, 2.45) is 0 Å². The van der Waals surface area contributed by atoms with Gasteiger partial charge in [0.1, 0.15) is 6.54 Å². The highest BCUT2D eigenvalue weighted by Crippen LogP contribution is 2.24. The molecule has 0 spiro atoms. The van der Waals surface area contributed by atoms with Crippen molar-refractivity contribution in [1.29, 1.82) is 0 Å². The Labute approximate surface area is 184 Å². The molecule has 4 rings (SSSR count). The van der Waals surface area contributed by atoms with Crippen molar-refractivity contribution in [2.75, 3.05) is 19.7 Å². The maximum atomic E-state index is 12.3. The topological polar surface area (TPSA) is 75.7 Å². The SMILES string of the molecule is O=C(CNC(=O)c1ccc(-c2ccccc2)cc1)OCC(=O)N1CCc2sccc2C1. The Hall–Kier alpha value is -3.45. The molecule has 0 atom stereocenters. The first-order valence-corrected chi connectivity index (χ1v) is 10.9. The molecule has 1 N–H and O–H groups in total. The highest BCUT2D eigenvalue weighted by Gasteiger charge is 2.22. The molecule has 0 aliphatic carbocycles. The molecule has 158 valence electrons. The maximum Gasteiger partial charge on any atom is 0.325 e. The fourth-order valence-corrected chi connectivity index (χ4v) is 4.33. The van der Waals surface area contributed by atoms with Crippen LogP contribution in [-0.2, 0) is 27.3 Å². The predicted octanol–water partition coefficient (Wildman–Crippen LogP) is 3.27. The number of carbonyl (C=O) groups is 3. The fraction of sp³-hybridized carbons (Fsp3) is 0.208. The minimum Gasteiger partial charge on any atom is -0.454 e. The lowest BCUT2D eigenvalue weighted by atomic mass is 10.0. The molecular weight excluding hydrogens is 412 g/mol. The Bertz CT molecular complexity index is 1080. The van der Waals surface area contributed by atoms with Crippen LogP contribution in [0.3, 0.4) is 0 Å². The first-order chi connectivity index (χ1) is 15.1. The largest absolute Gasteiger partial charge is 0.454 e. The van der Waals surface area contributed by atoms with Crippen molar-refractivity contribution in [3.63, 3.8) is 0 Å². The Kier molecular flexibility index (Phi) is 6.43. The lowest BCUT2D eigenvalue weighted by Crippen LogP contribution is -2.39. The van der Waals surface area contributed by atoms with Gasteiger partial charge in [-0.3, -0.25) is 14.4 Å². The summed E-state index contributed by atoms with van der Waals surface area (Å²) in [5.41, 5.74) is 3.67. The number of fused-ring (bicyclic) bond motifs is 1. The molecule has 0 radical (unpaired) electrons. The minimum atomic E-state index is -0.643. The summed E-state index contributed by atoms with van der Waals surface area (Å²) < 4.78 is 5.05. The van der Waals surface area contributed by atoms with Gasteiger partial charge in [0, 0.05) is 23.5 Å². The van der Waals surface area contributed by atoms with Crippen LogP contribution in [0.1, 0.15) is 20.8 Å². The van der Waals surface area contributed by atoms with Crippen molar-refractivity contribution in [1.82, 2.24) is 10.2 Å². The summed E-state index contributed by atoms with van der Waals surface area (Å²) in [6.45, 7) is 0.561. The van der Waals surface area contributed by atoms with Crippen LogP contribution in [0.5, 0.6) is 0 Å². The second-order valence-electron chi connectivity index (χ2n) is 7.22. The van der Waals surface area contributed by atoms with Crippen LogP contribution in [0.15, 0.2) is 66.0 Å². The number of hydrogen-bond donors (Lipinski definition) is 1. The molecule has 2 amide bonds. The van der Waals surface area contributed by atoms with Gasteiger partial charge in [-0.25, -0.2) is 0 Å². The van der Waals surface area contributed by atoms with Gasteiger partial charge in [0.05, 0.1) is 0 Å². The van der Waals surface area contributed by atoms with Crippen LogP contribution in [0.2, 0.25) is 0 Å². The van der Waals surface area contributed by atoms with Crippen LogP contribution in [0, 0.1) is 0 Å². The molecule has 6 nitrogen and oxygen atoms in total. The Morgan fingerprint density at radius 1 is 0.968 bits per heavy atom. The average Bonchev–Trinajstić information content (AvgIpc) is 3.29. The van der Waals surface area contributed by atoms with E-state index in [4.69, 9.17) is 4.74 Å². The Morgan fingerprint density at radius 2 is 1.71 bits per heavy atom. The van der Waals surface area contributed by atoms with E-state index < -0.39 is 5.97 Å². The summed E-state index contributed by atoms with van der Waals surface area (Å²) in [6.07, 6.45) is 0.825. The minimum absolute atomic E-state index is 0.229. The molecule has 2 heterocycles. The highest BCUT2D eigenvalue weighted by molar-refractivity contribution is 7.10. The molecule has 0 fully saturated rings. The van der Waals surface area contributed by atoms with E-state index in [9.17, 15) is 14.4 Å². The molecule has 0 saturated heterocycles. The summed E-state index contributed by atoms with van der Waals surface area (Å²) in [6, 6.07) is 19.0. The fourth-order valence-electron chi connectivity index (χ4n) is 3.45. The molecular formula is C24H22N2O4S. The van der Waals surface area contributed by atoms with Crippen LogP contribution in [-0.4, -0.2) is 42.4 Å². The van der Waals surface area contributed by atoms with Crippen LogP contribution in [0.4, 0.5) is 0 Å². The number of ether oxygens (including phenoxy) is 1. The highest BCUT2D eigenvalue weighted by atomic mass is 32.1. The molecule has 0 unspecified atom stereocenters. The zero-order chi connectivity index (χ0) is 21.6. The first-order valence-electron chi connectivity index (χ1n) is 10.0. The maximum absolute atomic E-state index is 12.3. The monoisotopic (exact) mass is 434 g/mol. The molecule has 3 aromatic rings. The number of nitrogens with one attached hydrogen (secondary N) is 1. The van der Waals surface area contributed by atoms with E-state index in [2.05, 4.69) is 5.32 Å². The number of carbonyl (C=O) groups excluding carboxylic acids is 3.